The quantitative estimate of drug-likeness (QED) is 0.749. The van der Waals surface area contributed by atoms with Gasteiger partial charge < -0.3 is 10.1 Å². The molecule has 20 heavy (non-hydrogen) atoms. The van der Waals surface area contributed by atoms with Crippen LogP contribution < -0.4 is 10.1 Å². The first-order valence-corrected chi connectivity index (χ1v) is 7.19. The number of hydrogen-bond acceptors (Lipinski definition) is 2. The van der Waals surface area contributed by atoms with Gasteiger partial charge in [-0.15, -0.1) is 0 Å². The van der Waals surface area contributed by atoms with Crippen molar-refractivity contribution in [3.05, 3.63) is 22.2 Å². The Morgan fingerprint density at radius 2 is 2.00 bits per heavy atom. The van der Waals surface area contributed by atoms with E-state index in [1.807, 2.05) is 26.0 Å². The molecule has 1 N–H and O–H groups in total. The van der Waals surface area contributed by atoms with Crippen LogP contribution in [0.25, 0.3) is 0 Å². The van der Waals surface area contributed by atoms with Crippen molar-refractivity contribution in [2.75, 3.05) is 12.4 Å². The van der Waals surface area contributed by atoms with Gasteiger partial charge in [-0.2, -0.15) is 13.2 Å². The van der Waals surface area contributed by atoms with Gasteiger partial charge in [0, 0.05) is 16.9 Å². The van der Waals surface area contributed by atoms with Crippen LogP contribution >= 0.6 is 15.9 Å². The molecular formula is C14H19BrF3NO. The van der Waals surface area contributed by atoms with Gasteiger partial charge in [0.2, 0.25) is 0 Å². The lowest BCUT2D eigenvalue weighted by molar-refractivity contribution is -0.135. The Morgan fingerprint density at radius 3 is 2.55 bits per heavy atom. The number of alkyl halides is 3. The zero-order valence-corrected chi connectivity index (χ0v) is 13.4. The second-order valence-corrected chi connectivity index (χ2v) is 5.77. The molecule has 0 radical (unpaired) electrons. The van der Waals surface area contributed by atoms with Crippen molar-refractivity contribution in [3.8, 4) is 5.75 Å². The third-order valence-electron chi connectivity index (χ3n) is 2.97. The van der Waals surface area contributed by atoms with E-state index in [4.69, 9.17) is 4.74 Å². The standard InChI is InChI=1S/C14H19BrF3NO/c1-9-7-11(15)8-12(20-3)13(9)19-10(2)5-4-6-14(16,17)18/h7-8,10,19H,4-6H2,1-3H3. The zero-order valence-electron chi connectivity index (χ0n) is 11.8. The van der Waals surface area contributed by atoms with Gasteiger partial charge in [0.25, 0.3) is 0 Å². The molecule has 0 fully saturated rings. The highest BCUT2D eigenvalue weighted by atomic mass is 79.9. The van der Waals surface area contributed by atoms with Crippen LogP contribution in [0, 0.1) is 6.92 Å². The number of ether oxygens (including phenoxy) is 1. The number of benzene rings is 1. The SMILES string of the molecule is COc1cc(Br)cc(C)c1NC(C)CCCC(F)(F)F. The predicted molar refractivity (Wildman–Crippen MR) is 78.4 cm³/mol. The molecule has 0 heterocycles. The molecule has 0 spiro atoms. The van der Waals surface area contributed by atoms with Crippen molar-refractivity contribution in [1.82, 2.24) is 0 Å². The van der Waals surface area contributed by atoms with Crippen molar-refractivity contribution >= 4 is 21.6 Å². The lowest BCUT2D eigenvalue weighted by Crippen LogP contribution is -2.18. The minimum Gasteiger partial charge on any atom is -0.495 e. The maximum Gasteiger partial charge on any atom is 0.389 e. The molecule has 0 amide bonds. The van der Waals surface area contributed by atoms with Crippen molar-refractivity contribution in [1.29, 1.82) is 0 Å². The molecule has 2 nitrogen and oxygen atoms in total. The van der Waals surface area contributed by atoms with Crippen molar-refractivity contribution in [3.63, 3.8) is 0 Å². The average molecular weight is 354 g/mol. The molecule has 0 saturated heterocycles. The van der Waals surface area contributed by atoms with Crippen molar-refractivity contribution in [2.24, 2.45) is 0 Å². The molecule has 0 aliphatic carbocycles. The Balaban J connectivity index is 2.64. The summed E-state index contributed by atoms with van der Waals surface area (Å²) in [6, 6.07) is 3.72. The van der Waals surface area contributed by atoms with Crippen LogP contribution in [0.3, 0.4) is 0 Å². The lowest BCUT2D eigenvalue weighted by atomic mass is 10.1. The van der Waals surface area contributed by atoms with Gasteiger partial charge in [-0.25, -0.2) is 0 Å². The van der Waals surface area contributed by atoms with Crippen LogP contribution in [0.2, 0.25) is 0 Å². The second-order valence-electron chi connectivity index (χ2n) is 4.85. The summed E-state index contributed by atoms with van der Waals surface area (Å²) in [6.45, 7) is 3.80. The largest absolute Gasteiger partial charge is 0.495 e. The van der Waals surface area contributed by atoms with Gasteiger partial charge in [-0.3, -0.25) is 0 Å². The van der Waals surface area contributed by atoms with E-state index in [9.17, 15) is 13.2 Å². The van der Waals surface area contributed by atoms with Crippen LogP contribution in [-0.4, -0.2) is 19.3 Å². The van der Waals surface area contributed by atoms with Gasteiger partial charge in [-0.05, 0) is 44.4 Å². The van der Waals surface area contributed by atoms with E-state index in [1.54, 1.807) is 7.11 Å². The smallest absolute Gasteiger partial charge is 0.389 e. The van der Waals surface area contributed by atoms with E-state index in [-0.39, 0.29) is 12.5 Å². The Bertz CT molecular complexity index is 449. The van der Waals surface area contributed by atoms with Gasteiger partial charge in [0.05, 0.1) is 12.8 Å². The summed E-state index contributed by atoms with van der Waals surface area (Å²) < 4.78 is 42.5. The van der Waals surface area contributed by atoms with Crippen LogP contribution in [-0.2, 0) is 0 Å². The van der Waals surface area contributed by atoms with E-state index in [0.717, 1.165) is 15.7 Å². The summed E-state index contributed by atoms with van der Waals surface area (Å²) in [6.07, 6.45) is -4.24. The highest BCUT2D eigenvalue weighted by Gasteiger charge is 2.26. The van der Waals surface area contributed by atoms with E-state index in [2.05, 4.69) is 21.2 Å². The molecule has 6 heteroatoms. The molecule has 114 valence electrons. The number of anilines is 1. The summed E-state index contributed by atoms with van der Waals surface area (Å²) >= 11 is 3.39. The molecule has 0 aromatic heterocycles. The average Bonchev–Trinajstić information content (AvgIpc) is 2.30. The third kappa shape index (κ3) is 5.61. The van der Waals surface area contributed by atoms with E-state index in [1.165, 1.54) is 0 Å². The predicted octanol–water partition coefficient (Wildman–Crippen LogP) is 5.30. The number of halogens is 4. The molecule has 1 unspecified atom stereocenters. The van der Waals surface area contributed by atoms with Crippen LogP contribution in [0.5, 0.6) is 5.75 Å². The molecule has 0 saturated carbocycles. The van der Waals surface area contributed by atoms with Gasteiger partial charge in [0.15, 0.2) is 0 Å². The first kappa shape index (κ1) is 17.1. The maximum atomic E-state index is 12.1. The summed E-state index contributed by atoms with van der Waals surface area (Å²) in [7, 11) is 1.57. The number of rotatable bonds is 6. The Hall–Kier alpha value is -0.910. The van der Waals surface area contributed by atoms with Gasteiger partial charge in [-0.1, -0.05) is 15.9 Å². The lowest BCUT2D eigenvalue weighted by Gasteiger charge is -2.20. The molecule has 1 aromatic carbocycles. The third-order valence-corrected chi connectivity index (χ3v) is 3.43. The highest BCUT2D eigenvalue weighted by Crippen LogP contribution is 2.33. The second kappa shape index (κ2) is 7.20. The minimum absolute atomic E-state index is 0.0499. The number of nitrogens with one attached hydrogen (secondary N) is 1. The van der Waals surface area contributed by atoms with Crippen molar-refractivity contribution < 1.29 is 17.9 Å². The van der Waals surface area contributed by atoms with E-state index < -0.39 is 12.6 Å². The summed E-state index contributed by atoms with van der Waals surface area (Å²) in [5.41, 5.74) is 1.81. The Morgan fingerprint density at radius 1 is 1.35 bits per heavy atom. The number of aryl methyl sites for hydroxylation is 1. The van der Waals surface area contributed by atoms with Gasteiger partial charge in [0.1, 0.15) is 5.75 Å². The van der Waals surface area contributed by atoms with Crippen LogP contribution in [0.4, 0.5) is 18.9 Å². The topological polar surface area (TPSA) is 21.3 Å². The normalized spacial score (nSPS) is 13.2. The zero-order chi connectivity index (χ0) is 15.3. The number of hydrogen-bond donors (Lipinski definition) is 1. The first-order chi connectivity index (χ1) is 9.23. The molecule has 0 aliphatic heterocycles. The number of methoxy groups -OCH3 is 1. The van der Waals surface area contributed by atoms with Crippen molar-refractivity contribution in [2.45, 2.75) is 45.3 Å². The van der Waals surface area contributed by atoms with E-state index >= 15 is 0 Å². The fraction of sp³-hybridized carbons (Fsp3) is 0.571. The molecule has 1 rings (SSSR count). The molecule has 1 aromatic rings. The molecule has 1 atom stereocenters. The fourth-order valence-electron chi connectivity index (χ4n) is 1.99. The summed E-state index contributed by atoms with van der Waals surface area (Å²) in [5.74, 6) is 0.680. The fourth-order valence-corrected chi connectivity index (χ4v) is 2.54. The maximum absolute atomic E-state index is 12.1. The Labute approximate surface area is 125 Å². The summed E-state index contributed by atoms with van der Waals surface area (Å²) in [4.78, 5) is 0. The summed E-state index contributed by atoms with van der Waals surface area (Å²) in [5, 5.41) is 3.23. The Kier molecular flexibility index (Phi) is 6.17. The van der Waals surface area contributed by atoms with Crippen LogP contribution in [0.1, 0.15) is 31.7 Å². The minimum atomic E-state index is -4.08. The van der Waals surface area contributed by atoms with Crippen LogP contribution in [0.15, 0.2) is 16.6 Å². The monoisotopic (exact) mass is 353 g/mol. The molecular weight excluding hydrogens is 335 g/mol. The first-order valence-electron chi connectivity index (χ1n) is 6.40. The molecule has 0 aliphatic rings. The molecule has 0 bridgehead atoms. The highest BCUT2D eigenvalue weighted by molar-refractivity contribution is 9.10. The van der Waals surface area contributed by atoms with Gasteiger partial charge >= 0.3 is 6.18 Å². The van der Waals surface area contributed by atoms with E-state index in [0.29, 0.717) is 12.2 Å².